The second-order valence-corrected chi connectivity index (χ2v) is 10.5. The number of halogens is 6. The Morgan fingerprint density at radius 3 is 2.00 bits per heavy atom. The first kappa shape index (κ1) is 29.6. The van der Waals surface area contributed by atoms with E-state index in [9.17, 15) is 26.3 Å². The molecule has 1 N–H and O–H groups in total. The zero-order valence-corrected chi connectivity index (χ0v) is 22.9. The number of alkyl halides is 6. The summed E-state index contributed by atoms with van der Waals surface area (Å²) >= 11 is 0. The van der Waals surface area contributed by atoms with Crippen molar-refractivity contribution in [2.75, 3.05) is 41.3 Å². The average molecular weight is 596 g/mol. The highest BCUT2D eigenvalue weighted by Crippen LogP contribution is 2.32. The van der Waals surface area contributed by atoms with Gasteiger partial charge in [0.25, 0.3) is 0 Å². The molecule has 2 aromatic carbocycles. The summed E-state index contributed by atoms with van der Waals surface area (Å²) in [4.78, 5) is 13.1. The molecule has 0 saturated carbocycles. The fourth-order valence-electron chi connectivity index (χ4n) is 5.34. The molecule has 0 unspecified atom stereocenters. The molecule has 2 aliphatic rings. The number of ether oxygens (including phenoxy) is 2. The van der Waals surface area contributed by atoms with Crippen LogP contribution in [0.25, 0.3) is 0 Å². The van der Waals surface area contributed by atoms with Gasteiger partial charge in [-0.1, -0.05) is 0 Å². The van der Waals surface area contributed by atoms with Gasteiger partial charge >= 0.3 is 12.5 Å². The highest BCUT2D eigenvalue weighted by atomic mass is 19.4. The molecule has 226 valence electrons. The second-order valence-electron chi connectivity index (χ2n) is 10.5. The first-order valence-corrected chi connectivity index (χ1v) is 13.7. The Morgan fingerprint density at radius 2 is 1.40 bits per heavy atom. The molecule has 0 aliphatic carbocycles. The summed E-state index contributed by atoms with van der Waals surface area (Å²) < 4.78 is 85.9. The number of nitrogens with one attached hydrogen (secondary N) is 1. The van der Waals surface area contributed by atoms with Crippen molar-refractivity contribution in [2.24, 2.45) is 0 Å². The Hall–Kier alpha value is -3.90. The molecule has 42 heavy (non-hydrogen) atoms. The largest absolute Gasteiger partial charge is 0.573 e. The first-order valence-electron chi connectivity index (χ1n) is 13.7. The third-order valence-corrected chi connectivity index (χ3v) is 7.54. The highest BCUT2D eigenvalue weighted by Gasteiger charge is 2.32. The molecule has 0 amide bonds. The van der Waals surface area contributed by atoms with Crippen LogP contribution < -0.4 is 24.6 Å². The van der Waals surface area contributed by atoms with Crippen molar-refractivity contribution in [3.8, 4) is 11.6 Å². The molecule has 7 nitrogen and oxygen atoms in total. The topological polar surface area (TPSA) is 62.8 Å². The molecule has 2 fully saturated rings. The van der Waals surface area contributed by atoms with Gasteiger partial charge in [0.1, 0.15) is 24.0 Å². The van der Waals surface area contributed by atoms with Gasteiger partial charge < -0.3 is 24.6 Å². The van der Waals surface area contributed by atoms with Crippen LogP contribution in [0, 0.1) is 6.92 Å². The highest BCUT2D eigenvalue weighted by molar-refractivity contribution is 5.52. The quantitative estimate of drug-likeness (QED) is 0.301. The second kappa shape index (κ2) is 12.1. The van der Waals surface area contributed by atoms with Gasteiger partial charge in [-0.25, -0.2) is 9.97 Å². The summed E-state index contributed by atoms with van der Waals surface area (Å²) in [6, 6.07) is 11.1. The van der Waals surface area contributed by atoms with Crippen LogP contribution in [0.5, 0.6) is 11.6 Å². The smallest absolute Gasteiger partial charge is 0.474 e. The van der Waals surface area contributed by atoms with Crippen molar-refractivity contribution >= 4 is 17.2 Å². The number of rotatable bonds is 7. The van der Waals surface area contributed by atoms with E-state index in [1.807, 2.05) is 6.92 Å². The summed E-state index contributed by atoms with van der Waals surface area (Å²) in [7, 11) is 0. The van der Waals surface area contributed by atoms with Gasteiger partial charge in [0.2, 0.25) is 5.88 Å². The van der Waals surface area contributed by atoms with E-state index in [1.165, 1.54) is 30.6 Å². The molecule has 1 aromatic heterocycles. The molecule has 13 heteroatoms. The Balaban J connectivity index is 1.11. The minimum Gasteiger partial charge on any atom is -0.474 e. The number of aromatic nitrogens is 2. The maximum atomic E-state index is 12.8. The van der Waals surface area contributed by atoms with Crippen molar-refractivity contribution in [1.82, 2.24) is 9.97 Å². The lowest BCUT2D eigenvalue weighted by molar-refractivity contribution is -0.274. The summed E-state index contributed by atoms with van der Waals surface area (Å²) in [5.41, 5.74) is 1.65. The van der Waals surface area contributed by atoms with E-state index in [1.54, 1.807) is 12.1 Å². The zero-order chi connectivity index (χ0) is 29.9. The SMILES string of the molecule is Cc1c(OC2CCN(c3ccc(OC(F)(F)F)cc3)CC2)ncnc1N1CCC(Nc2ccc(C(F)(F)F)cc2)CC1. The number of benzene rings is 2. The number of hydrogen-bond acceptors (Lipinski definition) is 7. The molecule has 0 radical (unpaired) electrons. The van der Waals surface area contributed by atoms with Crippen LogP contribution in [-0.4, -0.2) is 54.7 Å². The molecular formula is C29H31F6N5O2. The number of nitrogens with zero attached hydrogens (tertiary/aromatic N) is 4. The Bertz CT molecular complexity index is 1320. The van der Waals surface area contributed by atoms with Crippen LogP contribution in [0.3, 0.4) is 0 Å². The van der Waals surface area contributed by atoms with Crippen LogP contribution >= 0.6 is 0 Å². The van der Waals surface area contributed by atoms with E-state index >= 15 is 0 Å². The van der Waals surface area contributed by atoms with Crippen LogP contribution in [0.2, 0.25) is 0 Å². The van der Waals surface area contributed by atoms with Crippen molar-refractivity contribution in [2.45, 2.75) is 57.3 Å². The van der Waals surface area contributed by atoms with Crippen molar-refractivity contribution < 1.29 is 35.8 Å². The fourth-order valence-corrected chi connectivity index (χ4v) is 5.34. The first-order chi connectivity index (χ1) is 19.9. The van der Waals surface area contributed by atoms with Crippen molar-refractivity contribution in [3.63, 3.8) is 0 Å². The molecule has 5 rings (SSSR count). The molecule has 3 heterocycles. The molecule has 2 aliphatic heterocycles. The van der Waals surface area contributed by atoms with Gasteiger partial charge in [-0.3, -0.25) is 0 Å². The Morgan fingerprint density at radius 1 is 0.786 bits per heavy atom. The van der Waals surface area contributed by atoms with Gasteiger partial charge in [0, 0.05) is 56.4 Å². The van der Waals surface area contributed by atoms with E-state index in [0.29, 0.717) is 24.7 Å². The molecule has 0 bridgehead atoms. The molecule has 0 atom stereocenters. The van der Waals surface area contributed by atoms with E-state index in [-0.39, 0.29) is 17.9 Å². The lowest BCUT2D eigenvalue weighted by atomic mass is 10.0. The molecule has 3 aromatic rings. The minimum absolute atomic E-state index is 0.0609. The van der Waals surface area contributed by atoms with Crippen molar-refractivity contribution in [1.29, 1.82) is 0 Å². The van der Waals surface area contributed by atoms with Crippen molar-refractivity contribution in [3.05, 3.63) is 66.0 Å². The fraction of sp³-hybridized carbons (Fsp3) is 0.448. The third kappa shape index (κ3) is 7.48. The number of hydrogen-bond donors (Lipinski definition) is 1. The summed E-state index contributed by atoms with van der Waals surface area (Å²) in [6.07, 6.45) is -4.61. The van der Waals surface area contributed by atoms with Gasteiger partial charge in [-0.15, -0.1) is 13.2 Å². The number of anilines is 3. The van der Waals surface area contributed by atoms with Crippen LogP contribution in [-0.2, 0) is 6.18 Å². The van der Waals surface area contributed by atoms with Crippen LogP contribution in [0.15, 0.2) is 54.9 Å². The monoisotopic (exact) mass is 595 g/mol. The standard InChI is InChI=1S/C29H31F6N5O2/c1-19-26(40-14-10-22(11-15-40)38-21-4-2-20(3-5-21)28(30,31)32)36-18-37-27(19)41-24-12-16-39(17-13-24)23-6-8-25(9-7-23)42-29(33,34)35/h2-9,18,22,24,38H,10-17H2,1H3. The predicted octanol–water partition coefficient (Wildman–Crippen LogP) is 6.83. The maximum absolute atomic E-state index is 12.8. The van der Waals surface area contributed by atoms with Gasteiger partial charge in [0.05, 0.1) is 11.1 Å². The summed E-state index contributed by atoms with van der Waals surface area (Å²) in [5, 5.41) is 3.33. The third-order valence-electron chi connectivity index (χ3n) is 7.54. The average Bonchev–Trinajstić information content (AvgIpc) is 2.95. The normalized spacial score (nSPS) is 17.3. The Labute approximate surface area is 239 Å². The van der Waals surface area contributed by atoms with Gasteiger partial charge in [-0.05, 0) is 68.3 Å². The van der Waals surface area contributed by atoms with Gasteiger partial charge in [0.15, 0.2) is 0 Å². The molecule has 2 saturated heterocycles. The number of piperidine rings is 2. The van der Waals surface area contributed by atoms with Gasteiger partial charge in [-0.2, -0.15) is 13.2 Å². The van der Waals surface area contributed by atoms with E-state index in [4.69, 9.17) is 4.74 Å². The van der Waals surface area contributed by atoms with E-state index < -0.39 is 18.1 Å². The van der Waals surface area contributed by atoms with Crippen LogP contribution in [0.4, 0.5) is 43.5 Å². The van der Waals surface area contributed by atoms with E-state index in [2.05, 4.69) is 29.8 Å². The zero-order valence-electron chi connectivity index (χ0n) is 22.9. The summed E-state index contributed by atoms with van der Waals surface area (Å²) in [6.45, 7) is 4.74. The predicted molar refractivity (Wildman–Crippen MR) is 146 cm³/mol. The van der Waals surface area contributed by atoms with Crippen LogP contribution in [0.1, 0.15) is 36.8 Å². The molecular weight excluding hydrogens is 564 g/mol. The molecule has 0 spiro atoms. The maximum Gasteiger partial charge on any atom is 0.573 e. The Kier molecular flexibility index (Phi) is 8.55. The lowest BCUT2D eigenvalue weighted by Gasteiger charge is -2.35. The lowest BCUT2D eigenvalue weighted by Crippen LogP contribution is -2.40. The summed E-state index contributed by atoms with van der Waals surface area (Å²) in [5.74, 6) is 1.07. The van der Waals surface area contributed by atoms with E-state index in [0.717, 1.165) is 68.0 Å². The minimum atomic E-state index is -4.72.